The number of hydrogen-bond acceptors (Lipinski definition) is 8. The van der Waals surface area contributed by atoms with Crippen molar-refractivity contribution in [2.45, 2.75) is 5.22 Å². The summed E-state index contributed by atoms with van der Waals surface area (Å²) in [5.74, 6) is -1.47. The molecule has 0 saturated carbocycles. The summed E-state index contributed by atoms with van der Waals surface area (Å²) in [5, 5.41) is 38.3. The van der Waals surface area contributed by atoms with Crippen LogP contribution in [0.15, 0.2) is 57.0 Å². The molecule has 2 N–H and O–H groups in total. The van der Waals surface area contributed by atoms with Gasteiger partial charge in [0.1, 0.15) is 10.7 Å². The molecule has 0 amide bonds. The zero-order valence-electron chi connectivity index (χ0n) is 13.8. The zero-order valence-corrected chi connectivity index (χ0v) is 15.3. The smallest absolute Gasteiger partial charge is 0.342 e. The fourth-order valence-corrected chi connectivity index (χ4v) is 2.89. The van der Waals surface area contributed by atoms with Crippen LogP contribution in [0, 0.1) is 10.1 Å². The maximum Gasteiger partial charge on any atom is 0.342 e. The molecule has 0 fully saturated rings. The number of halogens is 1. The highest BCUT2D eigenvalue weighted by molar-refractivity contribution is 8.03. The number of carbonyl (C=O) groups is 1. The molecular formula is C17H10ClN3O6S. The molecule has 3 rings (SSSR count). The number of aromatic hydroxyl groups is 1. The van der Waals surface area contributed by atoms with Gasteiger partial charge >= 0.3 is 5.97 Å². The number of aliphatic carboxylic acids is 1. The van der Waals surface area contributed by atoms with Crippen molar-refractivity contribution in [2.24, 2.45) is 0 Å². The standard InChI is InChI=1S/C17H10ClN3O6S/c18-11-3-1-9(2-4-11)15-19-20-17(27-15)28-14(16(23)24)8-10-7-12(21(25)26)5-6-13(10)22/h1-8,22H,(H,23,24)/b14-8-. The van der Waals surface area contributed by atoms with E-state index in [9.17, 15) is 25.1 Å². The van der Waals surface area contributed by atoms with E-state index in [4.69, 9.17) is 16.0 Å². The van der Waals surface area contributed by atoms with Crippen molar-refractivity contribution in [3.05, 3.63) is 68.1 Å². The van der Waals surface area contributed by atoms with E-state index in [1.807, 2.05) is 0 Å². The maximum atomic E-state index is 11.5. The Hall–Kier alpha value is -3.37. The summed E-state index contributed by atoms with van der Waals surface area (Å²) in [7, 11) is 0. The molecule has 142 valence electrons. The number of nitrogens with zero attached hydrogens (tertiary/aromatic N) is 3. The van der Waals surface area contributed by atoms with E-state index in [0.29, 0.717) is 22.3 Å². The second-order valence-corrected chi connectivity index (χ2v) is 6.73. The van der Waals surface area contributed by atoms with E-state index < -0.39 is 10.9 Å². The topological polar surface area (TPSA) is 140 Å². The van der Waals surface area contributed by atoms with Gasteiger partial charge in [0.2, 0.25) is 5.89 Å². The number of aromatic nitrogens is 2. The van der Waals surface area contributed by atoms with E-state index in [1.165, 1.54) is 0 Å². The van der Waals surface area contributed by atoms with E-state index in [0.717, 1.165) is 24.3 Å². The van der Waals surface area contributed by atoms with E-state index in [2.05, 4.69) is 10.2 Å². The average molecular weight is 420 g/mol. The largest absolute Gasteiger partial charge is 0.507 e. The minimum Gasteiger partial charge on any atom is -0.507 e. The molecule has 3 aromatic rings. The quantitative estimate of drug-likeness (QED) is 0.260. The van der Waals surface area contributed by atoms with Crippen LogP contribution in [0.2, 0.25) is 5.02 Å². The third-order valence-electron chi connectivity index (χ3n) is 3.41. The molecule has 0 radical (unpaired) electrons. The van der Waals surface area contributed by atoms with Gasteiger partial charge in [-0.1, -0.05) is 11.6 Å². The first-order valence-corrected chi connectivity index (χ1v) is 8.72. The first-order chi connectivity index (χ1) is 13.3. The number of phenols is 1. The molecule has 1 heterocycles. The second kappa shape index (κ2) is 8.11. The maximum absolute atomic E-state index is 11.5. The van der Waals surface area contributed by atoms with Crippen LogP contribution in [-0.2, 0) is 4.79 Å². The molecule has 0 bridgehead atoms. The molecule has 0 unspecified atom stereocenters. The lowest BCUT2D eigenvalue weighted by Gasteiger charge is -2.02. The van der Waals surface area contributed by atoms with Gasteiger partial charge in [0.05, 0.1) is 4.92 Å². The van der Waals surface area contributed by atoms with Crippen LogP contribution in [0.1, 0.15) is 5.56 Å². The summed E-state index contributed by atoms with van der Waals surface area (Å²) in [6.07, 6.45) is 1.08. The van der Waals surface area contributed by atoms with E-state index in [-0.39, 0.29) is 33.0 Å². The van der Waals surface area contributed by atoms with Crippen molar-refractivity contribution < 1.29 is 24.3 Å². The van der Waals surface area contributed by atoms with Crippen LogP contribution in [0.4, 0.5) is 5.69 Å². The Labute approximate surface area is 166 Å². The zero-order chi connectivity index (χ0) is 20.3. The molecule has 0 spiro atoms. The van der Waals surface area contributed by atoms with E-state index in [1.54, 1.807) is 24.3 Å². The Kier molecular flexibility index (Phi) is 5.62. The minimum absolute atomic E-state index is 0.0310. The Morgan fingerprint density at radius 1 is 1.21 bits per heavy atom. The van der Waals surface area contributed by atoms with Crippen molar-refractivity contribution in [3.63, 3.8) is 0 Å². The van der Waals surface area contributed by atoms with Gasteiger partial charge in [-0.15, -0.1) is 10.2 Å². The molecule has 2 aromatic carbocycles. The fraction of sp³-hybridized carbons (Fsp3) is 0. The van der Waals surface area contributed by atoms with Crippen LogP contribution < -0.4 is 0 Å². The van der Waals surface area contributed by atoms with Crippen molar-refractivity contribution in [1.82, 2.24) is 10.2 Å². The molecule has 11 heteroatoms. The van der Waals surface area contributed by atoms with Crippen molar-refractivity contribution in [3.8, 4) is 17.2 Å². The average Bonchev–Trinajstić information content (AvgIpc) is 3.11. The highest BCUT2D eigenvalue weighted by atomic mass is 35.5. The third kappa shape index (κ3) is 4.48. The van der Waals surface area contributed by atoms with Gasteiger partial charge in [-0.2, -0.15) is 0 Å². The molecule has 0 atom stereocenters. The number of benzene rings is 2. The summed E-state index contributed by atoms with van der Waals surface area (Å²) in [6.45, 7) is 0. The predicted molar refractivity (Wildman–Crippen MR) is 101 cm³/mol. The van der Waals surface area contributed by atoms with E-state index >= 15 is 0 Å². The number of carboxylic acids is 1. The fourth-order valence-electron chi connectivity index (χ4n) is 2.10. The summed E-state index contributed by atoms with van der Waals surface area (Å²) in [4.78, 5) is 21.5. The van der Waals surface area contributed by atoms with Gasteiger partial charge in [0.15, 0.2) is 0 Å². The van der Waals surface area contributed by atoms with Crippen LogP contribution in [0.5, 0.6) is 5.75 Å². The van der Waals surface area contributed by atoms with Gasteiger partial charge in [0, 0.05) is 28.3 Å². The summed E-state index contributed by atoms with van der Waals surface area (Å²) in [5.41, 5.74) is 0.277. The van der Waals surface area contributed by atoms with Crippen LogP contribution >= 0.6 is 23.4 Å². The third-order valence-corrected chi connectivity index (χ3v) is 4.52. The number of nitro groups is 1. The molecule has 0 aliphatic rings. The SMILES string of the molecule is O=C(O)/C(=C/c1cc([N+](=O)[O-])ccc1O)Sc1nnc(-c2ccc(Cl)cc2)o1. The number of nitro benzene ring substituents is 1. The lowest BCUT2D eigenvalue weighted by molar-refractivity contribution is -0.384. The molecule has 0 saturated heterocycles. The normalized spacial score (nSPS) is 11.4. The number of non-ortho nitro benzene ring substituents is 1. The molecule has 0 aliphatic carbocycles. The molecule has 1 aromatic heterocycles. The highest BCUT2D eigenvalue weighted by Crippen LogP contribution is 2.33. The van der Waals surface area contributed by atoms with Gasteiger partial charge in [-0.05, 0) is 48.2 Å². The van der Waals surface area contributed by atoms with Gasteiger partial charge < -0.3 is 14.6 Å². The van der Waals surface area contributed by atoms with Crippen molar-refractivity contribution in [2.75, 3.05) is 0 Å². The van der Waals surface area contributed by atoms with Crippen LogP contribution in [-0.4, -0.2) is 31.3 Å². The highest BCUT2D eigenvalue weighted by Gasteiger charge is 2.18. The number of phenolic OH excluding ortho intramolecular Hbond substituents is 1. The first-order valence-electron chi connectivity index (χ1n) is 7.53. The van der Waals surface area contributed by atoms with Gasteiger partial charge in [0.25, 0.3) is 10.9 Å². The lowest BCUT2D eigenvalue weighted by atomic mass is 10.1. The molecule has 9 nitrogen and oxygen atoms in total. The number of thioether (sulfide) groups is 1. The van der Waals surface area contributed by atoms with Gasteiger partial charge in [-0.3, -0.25) is 10.1 Å². The lowest BCUT2D eigenvalue weighted by Crippen LogP contribution is -1.97. The number of rotatable bonds is 6. The number of hydrogen-bond donors (Lipinski definition) is 2. The summed E-state index contributed by atoms with van der Waals surface area (Å²) in [6, 6.07) is 9.89. The molecule has 28 heavy (non-hydrogen) atoms. The predicted octanol–water partition coefficient (Wildman–Crippen LogP) is 4.22. The van der Waals surface area contributed by atoms with Crippen molar-refractivity contribution in [1.29, 1.82) is 0 Å². The summed E-state index contributed by atoms with van der Waals surface area (Å²) < 4.78 is 5.44. The molecule has 0 aliphatic heterocycles. The summed E-state index contributed by atoms with van der Waals surface area (Å²) >= 11 is 6.47. The van der Waals surface area contributed by atoms with Crippen LogP contribution in [0.3, 0.4) is 0 Å². The van der Waals surface area contributed by atoms with Crippen molar-refractivity contribution >= 4 is 41.1 Å². The Bertz CT molecular complexity index is 1080. The number of carboxylic acid groups (broad SMARTS) is 1. The Balaban J connectivity index is 1.89. The van der Waals surface area contributed by atoms with Crippen LogP contribution in [0.25, 0.3) is 17.5 Å². The Morgan fingerprint density at radius 2 is 1.93 bits per heavy atom. The second-order valence-electron chi connectivity index (χ2n) is 5.30. The first kappa shape index (κ1) is 19.4. The van der Waals surface area contributed by atoms with Gasteiger partial charge in [-0.25, -0.2) is 4.79 Å². The Morgan fingerprint density at radius 3 is 2.57 bits per heavy atom. The molecular weight excluding hydrogens is 410 g/mol. The minimum atomic E-state index is -1.33. The monoisotopic (exact) mass is 419 g/mol.